The molecule has 0 saturated carbocycles. The Morgan fingerprint density at radius 3 is 2.77 bits per heavy atom. The van der Waals surface area contributed by atoms with Crippen molar-refractivity contribution in [3.05, 3.63) is 69.7 Å². The lowest BCUT2D eigenvalue weighted by Crippen LogP contribution is -2.32. The van der Waals surface area contributed by atoms with Crippen molar-refractivity contribution in [1.29, 1.82) is 0 Å². The fraction of sp³-hybridized carbons (Fsp3) is 0.300. The number of benzene rings is 1. The van der Waals surface area contributed by atoms with Crippen LogP contribution in [0.3, 0.4) is 0 Å². The van der Waals surface area contributed by atoms with Crippen LogP contribution in [0.4, 0.5) is 0 Å². The highest BCUT2D eigenvalue weighted by molar-refractivity contribution is 7.99. The molecule has 2 heterocycles. The van der Waals surface area contributed by atoms with Crippen LogP contribution in [0.5, 0.6) is 0 Å². The van der Waals surface area contributed by atoms with Gasteiger partial charge < -0.3 is 5.32 Å². The number of rotatable bonds is 7. The van der Waals surface area contributed by atoms with Gasteiger partial charge in [-0.1, -0.05) is 19.1 Å². The van der Waals surface area contributed by atoms with Crippen LogP contribution in [0, 0.1) is 13.8 Å². The summed E-state index contributed by atoms with van der Waals surface area (Å²) in [5.74, 6) is 0.899. The van der Waals surface area contributed by atoms with Gasteiger partial charge in [-0.15, -0.1) is 11.8 Å². The quantitative estimate of drug-likeness (QED) is 0.600. The van der Waals surface area contributed by atoms with E-state index in [-0.39, 0.29) is 11.9 Å². The number of thioether (sulfide) groups is 1. The third-order valence-electron chi connectivity index (χ3n) is 4.16. The normalized spacial score (nSPS) is 12.1. The summed E-state index contributed by atoms with van der Waals surface area (Å²) in [6.45, 7) is 6.64. The van der Waals surface area contributed by atoms with Crippen LogP contribution in [0.25, 0.3) is 0 Å². The number of hydrogen-bond acceptors (Lipinski definition) is 4. The lowest BCUT2D eigenvalue weighted by molar-refractivity contribution is 0.0946. The molecule has 0 bridgehead atoms. The fourth-order valence-electron chi connectivity index (χ4n) is 2.99. The van der Waals surface area contributed by atoms with Crippen molar-refractivity contribution < 1.29 is 4.79 Å². The van der Waals surface area contributed by atoms with Crippen molar-refractivity contribution in [3.63, 3.8) is 0 Å². The molecule has 4 nitrogen and oxygen atoms in total. The Kier molecular flexibility index (Phi) is 6.16. The monoisotopic (exact) mass is 385 g/mol. The first-order valence-electron chi connectivity index (χ1n) is 8.65. The predicted octanol–water partition coefficient (Wildman–Crippen LogP) is 4.69. The van der Waals surface area contributed by atoms with E-state index in [2.05, 4.69) is 40.2 Å². The molecule has 0 aliphatic heterocycles. The maximum atomic E-state index is 12.8. The van der Waals surface area contributed by atoms with Gasteiger partial charge in [0.15, 0.2) is 0 Å². The second-order valence-corrected chi connectivity index (χ2v) is 8.17. The lowest BCUT2D eigenvalue weighted by Gasteiger charge is -2.19. The third kappa shape index (κ3) is 4.19. The Hall–Kier alpha value is -2.05. The van der Waals surface area contributed by atoms with Gasteiger partial charge in [0.05, 0.1) is 17.3 Å². The Morgan fingerprint density at radius 2 is 2.12 bits per heavy atom. The van der Waals surface area contributed by atoms with Gasteiger partial charge in [-0.3, -0.25) is 9.48 Å². The number of aryl methyl sites for hydroxylation is 2. The molecule has 26 heavy (non-hydrogen) atoms. The van der Waals surface area contributed by atoms with Crippen LogP contribution in [-0.4, -0.2) is 28.0 Å². The van der Waals surface area contributed by atoms with Crippen molar-refractivity contribution in [2.75, 3.05) is 12.3 Å². The second kappa shape index (κ2) is 8.56. The first kappa shape index (κ1) is 18.7. The molecule has 0 aliphatic carbocycles. The van der Waals surface area contributed by atoms with E-state index in [1.54, 1.807) is 23.1 Å². The summed E-state index contributed by atoms with van der Waals surface area (Å²) in [5.41, 5.74) is 3.98. The van der Waals surface area contributed by atoms with E-state index >= 15 is 0 Å². The van der Waals surface area contributed by atoms with Gasteiger partial charge in [-0.2, -0.15) is 16.4 Å². The van der Waals surface area contributed by atoms with Gasteiger partial charge in [-0.25, -0.2) is 0 Å². The number of hydrogen-bond donors (Lipinski definition) is 1. The van der Waals surface area contributed by atoms with Gasteiger partial charge >= 0.3 is 0 Å². The smallest absolute Gasteiger partial charge is 0.252 e. The topological polar surface area (TPSA) is 46.9 Å². The van der Waals surface area contributed by atoms with E-state index in [1.165, 1.54) is 0 Å². The van der Waals surface area contributed by atoms with Crippen LogP contribution >= 0.6 is 23.1 Å². The first-order chi connectivity index (χ1) is 12.6. The number of nitrogens with zero attached hydrogens (tertiary/aromatic N) is 2. The Balaban J connectivity index is 1.81. The molecule has 1 aromatic carbocycles. The number of thiophene rings is 1. The predicted molar refractivity (Wildman–Crippen MR) is 109 cm³/mol. The van der Waals surface area contributed by atoms with Crippen LogP contribution in [0.2, 0.25) is 0 Å². The Morgan fingerprint density at radius 1 is 1.31 bits per heavy atom. The standard InChI is InChI=1S/C20H23N3OS2/c1-4-26-19-8-6-5-7-17(19)20(24)21-12-18(16-9-10-25-13-16)23-15(3)11-14(2)22-23/h5-11,13,18H,4,12H2,1-3H3,(H,21,24). The first-order valence-corrected chi connectivity index (χ1v) is 10.6. The highest BCUT2D eigenvalue weighted by Crippen LogP contribution is 2.24. The van der Waals surface area contributed by atoms with Gasteiger partial charge in [0.25, 0.3) is 5.91 Å². The fourth-order valence-corrected chi connectivity index (χ4v) is 4.50. The third-order valence-corrected chi connectivity index (χ3v) is 5.81. The number of carbonyl (C=O) groups excluding carboxylic acids is 1. The summed E-state index contributed by atoms with van der Waals surface area (Å²) < 4.78 is 2.00. The minimum absolute atomic E-state index is 0.00936. The average molecular weight is 386 g/mol. The summed E-state index contributed by atoms with van der Waals surface area (Å²) in [5, 5.41) is 11.9. The van der Waals surface area contributed by atoms with Crippen molar-refractivity contribution in [3.8, 4) is 0 Å². The van der Waals surface area contributed by atoms with Gasteiger partial charge in [0.2, 0.25) is 0 Å². The molecule has 0 aliphatic rings. The molecule has 0 saturated heterocycles. The molecule has 0 fully saturated rings. The summed E-state index contributed by atoms with van der Waals surface area (Å²) in [6.07, 6.45) is 0. The van der Waals surface area contributed by atoms with E-state index in [0.717, 1.165) is 33.2 Å². The second-order valence-electron chi connectivity index (χ2n) is 6.08. The van der Waals surface area contributed by atoms with Crippen molar-refractivity contribution >= 4 is 29.0 Å². The van der Waals surface area contributed by atoms with Gasteiger partial charge in [0, 0.05) is 17.1 Å². The maximum Gasteiger partial charge on any atom is 0.252 e. The summed E-state index contributed by atoms with van der Waals surface area (Å²) in [7, 11) is 0. The Labute approximate surface area is 162 Å². The maximum absolute atomic E-state index is 12.8. The van der Waals surface area contributed by atoms with Crippen LogP contribution in [0.1, 0.15) is 40.3 Å². The molecule has 1 atom stereocenters. The minimum atomic E-state index is -0.0386. The van der Waals surface area contributed by atoms with E-state index in [4.69, 9.17) is 0 Å². The summed E-state index contributed by atoms with van der Waals surface area (Å²) >= 11 is 3.35. The average Bonchev–Trinajstić information content (AvgIpc) is 3.26. The molecule has 3 rings (SSSR count). The van der Waals surface area contributed by atoms with Gasteiger partial charge in [0.1, 0.15) is 0 Å². The highest BCUT2D eigenvalue weighted by atomic mass is 32.2. The van der Waals surface area contributed by atoms with E-state index in [9.17, 15) is 4.79 Å². The summed E-state index contributed by atoms with van der Waals surface area (Å²) in [4.78, 5) is 13.8. The molecular weight excluding hydrogens is 362 g/mol. The minimum Gasteiger partial charge on any atom is -0.349 e. The number of amides is 1. The van der Waals surface area contributed by atoms with E-state index in [0.29, 0.717) is 6.54 Å². The summed E-state index contributed by atoms with van der Waals surface area (Å²) in [6, 6.07) is 11.9. The molecule has 1 N–H and O–H groups in total. The van der Waals surface area contributed by atoms with Crippen LogP contribution < -0.4 is 5.32 Å². The zero-order chi connectivity index (χ0) is 18.5. The van der Waals surface area contributed by atoms with Gasteiger partial charge in [-0.05, 0) is 60.2 Å². The largest absolute Gasteiger partial charge is 0.349 e. The van der Waals surface area contributed by atoms with Crippen molar-refractivity contribution in [2.24, 2.45) is 0 Å². The molecule has 6 heteroatoms. The number of carbonyl (C=O) groups is 1. The van der Waals surface area contributed by atoms with Crippen LogP contribution in [0.15, 0.2) is 52.1 Å². The molecule has 0 spiro atoms. The molecule has 1 amide bonds. The van der Waals surface area contributed by atoms with Crippen molar-refractivity contribution in [1.82, 2.24) is 15.1 Å². The molecular formula is C20H23N3OS2. The zero-order valence-electron chi connectivity index (χ0n) is 15.2. The Bertz CT molecular complexity index is 871. The van der Waals surface area contributed by atoms with Crippen LogP contribution in [-0.2, 0) is 0 Å². The zero-order valence-corrected chi connectivity index (χ0v) is 16.9. The molecule has 2 aromatic heterocycles. The van der Waals surface area contributed by atoms with Crippen molar-refractivity contribution in [2.45, 2.75) is 31.7 Å². The molecule has 1 unspecified atom stereocenters. The number of nitrogens with one attached hydrogen (secondary N) is 1. The van der Waals surface area contributed by atoms with E-state index < -0.39 is 0 Å². The molecule has 0 radical (unpaired) electrons. The van der Waals surface area contributed by atoms with E-state index in [1.807, 2.05) is 42.8 Å². The highest BCUT2D eigenvalue weighted by Gasteiger charge is 2.19. The lowest BCUT2D eigenvalue weighted by atomic mass is 10.1. The molecule has 3 aromatic rings. The molecule has 136 valence electrons. The number of aromatic nitrogens is 2. The SMILES string of the molecule is CCSc1ccccc1C(=O)NCC(c1ccsc1)n1nc(C)cc1C.